The van der Waals surface area contributed by atoms with E-state index in [0.717, 1.165) is 13.2 Å². The number of rotatable bonds is 4. The van der Waals surface area contributed by atoms with Crippen molar-refractivity contribution < 1.29 is 27.4 Å². The molecular formula is C10H12F3N3O3. The third kappa shape index (κ3) is 4.28. The zero-order valence-electron chi connectivity index (χ0n) is 9.95. The predicted octanol–water partition coefficient (Wildman–Crippen LogP) is 0.737. The van der Waals surface area contributed by atoms with Crippen molar-refractivity contribution in [1.82, 2.24) is 4.98 Å². The van der Waals surface area contributed by atoms with Crippen LogP contribution in [-0.4, -0.2) is 24.4 Å². The van der Waals surface area contributed by atoms with Gasteiger partial charge in [0.05, 0.1) is 30.6 Å². The first kappa shape index (κ1) is 15.0. The van der Waals surface area contributed by atoms with Crippen LogP contribution in [0.4, 0.5) is 18.9 Å². The number of nitrogen functional groups attached to an aromatic ring is 1. The topological polar surface area (TPSA) is 100 Å². The van der Waals surface area contributed by atoms with Crippen LogP contribution in [0.1, 0.15) is 11.4 Å². The molecule has 9 heteroatoms. The largest absolute Gasteiger partial charge is 0.573 e. The molecule has 0 radical (unpaired) electrons. The molecule has 6 nitrogen and oxygen atoms in total. The molecule has 1 aromatic rings. The average Bonchev–Trinajstić information content (AvgIpc) is 2.31. The number of carbonyl (C=O) groups excluding carboxylic acids is 1. The number of alkyl halides is 3. The summed E-state index contributed by atoms with van der Waals surface area (Å²) in [5.41, 5.74) is 10.4. The summed E-state index contributed by atoms with van der Waals surface area (Å²) in [7, 11) is 1.10. The molecule has 0 aromatic carbocycles. The van der Waals surface area contributed by atoms with E-state index in [-0.39, 0.29) is 23.6 Å². The van der Waals surface area contributed by atoms with Crippen LogP contribution in [-0.2, 0) is 22.5 Å². The lowest BCUT2D eigenvalue weighted by molar-refractivity contribution is -0.274. The highest BCUT2D eigenvalue weighted by Gasteiger charge is 2.34. The van der Waals surface area contributed by atoms with Crippen LogP contribution in [0, 0.1) is 0 Å². The van der Waals surface area contributed by atoms with Gasteiger partial charge in [0, 0.05) is 6.54 Å². The molecular weight excluding hydrogens is 267 g/mol. The van der Waals surface area contributed by atoms with Crippen LogP contribution < -0.4 is 16.2 Å². The fourth-order valence-corrected chi connectivity index (χ4v) is 1.33. The fourth-order valence-electron chi connectivity index (χ4n) is 1.33. The first-order chi connectivity index (χ1) is 8.76. The Bertz CT molecular complexity index is 477. The van der Waals surface area contributed by atoms with Gasteiger partial charge < -0.3 is 20.9 Å². The SMILES string of the molecule is COC(=O)Cc1nc(CN)cc(N)c1OC(F)(F)F. The van der Waals surface area contributed by atoms with E-state index in [4.69, 9.17) is 11.5 Å². The van der Waals surface area contributed by atoms with E-state index in [2.05, 4.69) is 14.5 Å². The van der Waals surface area contributed by atoms with Crippen molar-refractivity contribution in [1.29, 1.82) is 0 Å². The standard InChI is InChI=1S/C10H12F3N3O3/c1-18-8(17)3-7-9(19-10(11,12)13)6(15)2-5(4-14)16-7/h2H,3-4,14H2,1H3,(H2,15,16). The molecule has 106 valence electrons. The van der Waals surface area contributed by atoms with Crippen molar-refractivity contribution in [3.05, 3.63) is 17.5 Å². The Morgan fingerprint density at radius 3 is 2.58 bits per heavy atom. The van der Waals surface area contributed by atoms with Crippen molar-refractivity contribution >= 4 is 11.7 Å². The van der Waals surface area contributed by atoms with Crippen molar-refractivity contribution in [2.24, 2.45) is 5.73 Å². The van der Waals surface area contributed by atoms with Gasteiger partial charge in [-0.05, 0) is 6.07 Å². The van der Waals surface area contributed by atoms with Gasteiger partial charge in [-0.2, -0.15) is 0 Å². The molecule has 0 aliphatic rings. The zero-order chi connectivity index (χ0) is 14.6. The molecule has 0 aliphatic carbocycles. The summed E-state index contributed by atoms with van der Waals surface area (Å²) in [5.74, 6) is -1.48. The lowest BCUT2D eigenvalue weighted by atomic mass is 10.2. The summed E-state index contributed by atoms with van der Waals surface area (Å²) in [5, 5.41) is 0. The molecule has 0 unspecified atom stereocenters. The second-order valence-corrected chi connectivity index (χ2v) is 3.48. The van der Waals surface area contributed by atoms with Gasteiger partial charge in [0.25, 0.3) is 0 Å². The summed E-state index contributed by atoms with van der Waals surface area (Å²) >= 11 is 0. The van der Waals surface area contributed by atoms with Crippen LogP contribution in [0.25, 0.3) is 0 Å². The molecule has 0 saturated heterocycles. The molecule has 0 spiro atoms. The molecule has 0 fully saturated rings. The number of hydrogen-bond donors (Lipinski definition) is 2. The minimum absolute atomic E-state index is 0.0370. The van der Waals surface area contributed by atoms with Crippen LogP contribution in [0.15, 0.2) is 6.07 Å². The molecule has 4 N–H and O–H groups in total. The van der Waals surface area contributed by atoms with E-state index in [1.807, 2.05) is 0 Å². The van der Waals surface area contributed by atoms with E-state index >= 15 is 0 Å². The number of nitrogens with zero attached hydrogens (tertiary/aromatic N) is 1. The molecule has 0 saturated carbocycles. The zero-order valence-corrected chi connectivity index (χ0v) is 9.95. The number of hydrogen-bond acceptors (Lipinski definition) is 6. The average molecular weight is 279 g/mol. The molecule has 0 aliphatic heterocycles. The summed E-state index contributed by atoms with van der Waals surface area (Å²) < 4.78 is 44.9. The highest BCUT2D eigenvalue weighted by molar-refractivity contribution is 5.74. The molecule has 0 atom stereocenters. The Morgan fingerprint density at radius 2 is 2.11 bits per heavy atom. The number of carbonyl (C=O) groups is 1. The van der Waals surface area contributed by atoms with Gasteiger partial charge in [0.1, 0.15) is 0 Å². The second-order valence-electron chi connectivity index (χ2n) is 3.48. The highest BCUT2D eigenvalue weighted by Crippen LogP contribution is 2.32. The number of methoxy groups -OCH3 is 1. The van der Waals surface area contributed by atoms with E-state index < -0.39 is 24.5 Å². The van der Waals surface area contributed by atoms with E-state index in [1.165, 1.54) is 0 Å². The van der Waals surface area contributed by atoms with E-state index in [9.17, 15) is 18.0 Å². The summed E-state index contributed by atoms with van der Waals surface area (Å²) in [6.07, 6.45) is -5.44. The maximum atomic E-state index is 12.3. The Balaban J connectivity index is 3.21. The summed E-state index contributed by atoms with van der Waals surface area (Å²) in [6, 6.07) is 1.15. The van der Waals surface area contributed by atoms with Gasteiger partial charge in [-0.25, -0.2) is 0 Å². The third-order valence-electron chi connectivity index (χ3n) is 2.09. The molecule has 1 aromatic heterocycles. The summed E-state index contributed by atoms with van der Waals surface area (Å²) in [4.78, 5) is 14.9. The van der Waals surface area contributed by atoms with Crippen molar-refractivity contribution in [2.45, 2.75) is 19.3 Å². The Morgan fingerprint density at radius 1 is 1.47 bits per heavy atom. The molecule has 0 amide bonds. The Hall–Kier alpha value is -2.03. The lowest BCUT2D eigenvalue weighted by Crippen LogP contribution is -2.21. The van der Waals surface area contributed by atoms with Crippen molar-refractivity contribution in [2.75, 3.05) is 12.8 Å². The second kappa shape index (κ2) is 5.74. The van der Waals surface area contributed by atoms with Crippen LogP contribution in [0.5, 0.6) is 5.75 Å². The van der Waals surface area contributed by atoms with Gasteiger partial charge in [-0.1, -0.05) is 0 Å². The van der Waals surface area contributed by atoms with Gasteiger partial charge in [0.2, 0.25) is 0 Å². The summed E-state index contributed by atoms with van der Waals surface area (Å²) in [6.45, 7) is -0.0370. The van der Waals surface area contributed by atoms with Crippen LogP contribution in [0.2, 0.25) is 0 Å². The first-order valence-electron chi connectivity index (χ1n) is 5.07. The maximum absolute atomic E-state index is 12.3. The highest BCUT2D eigenvalue weighted by atomic mass is 19.4. The van der Waals surface area contributed by atoms with Crippen molar-refractivity contribution in [3.8, 4) is 5.75 Å². The van der Waals surface area contributed by atoms with Gasteiger partial charge >= 0.3 is 12.3 Å². The lowest BCUT2D eigenvalue weighted by Gasteiger charge is -2.15. The quantitative estimate of drug-likeness (QED) is 0.788. The Kier molecular flexibility index (Phi) is 4.54. The normalized spacial score (nSPS) is 11.2. The Labute approximate surface area is 106 Å². The number of pyridine rings is 1. The maximum Gasteiger partial charge on any atom is 0.573 e. The van der Waals surface area contributed by atoms with Crippen LogP contribution >= 0.6 is 0 Å². The van der Waals surface area contributed by atoms with Gasteiger partial charge in [-0.15, -0.1) is 13.2 Å². The predicted molar refractivity (Wildman–Crippen MR) is 58.9 cm³/mol. The third-order valence-corrected chi connectivity index (χ3v) is 2.09. The number of ether oxygens (including phenoxy) is 2. The molecule has 1 rings (SSSR count). The number of aromatic nitrogens is 1. The molecule has 0 bridgehead atoms. The fraction of sp³-hybridized carbons (Fsp3) is 0.400. The first-order valence-corrected chi connectivity index (χ1v) is 5.07. The van der Waals surface area contributed by atoms with Crippen molar-refractivity contribution in [3.63, 3.8) is 0 Å². The smallest absolute Gasteiger partial charge is 0.469 e. The number of anilines is 1. The molecule has 1 heterocycles. The van der Waals surface area contributed by atoms with Crippen LogP contribution in [0.3, 0.4) is 0 Å². The monoisotopic (exact) mass is 279 g/mol. The van der Waals surface area contributed by atoms with Gasteiger partial charge in [-0.3, -0.25) is 9.78 Å². The van der Waals surface area contributed by atoms with Gasteiger partial charge in [0.15, 0.2) is 5.75 Å². The van der Waals surface area contributed by atoms with E-state index in [1.54, 1.807) is 0 Å². The number of nitrogens with two attached hydrogens (primary N) is 2. The number of esters is 1. The minimum Gasteiger partial charge on any atom is -0.469 e. The molecule has 19 heavy (non-hydrogen) atoms. The van der Waals surface area contributed by atoms with E-state index in [0.29, 0.717) is 0 Å². The minimum atomic E-state index is -4.94. The number of halogens is 3.